The molecule has 0 atom stereocenters. The van der Waals surface area contributed by atoms with E-state index >= 15 is 0 Å². The number of nitrogens with zero attached hydrogens (tertiary/aromatic N) is 2. The molecule has 2 aromatic carbocycles. The van der Waals surface area contributed by atoms with Crippen molar-refractivity contribution in [2.75, 3.05) is 5.32 Å². The first kappa shape index (κ1) is 20.4. The van der Waals surface area contributed by atoms with Crippen LogP contribution in [0, 0.1) is 5.82 Å². The molecule has 0 radical (unpaired) electrons. The van der Waals surface area contributed by atoms with Crippen molar-refractivity contribution >= 4 is 11.6 Å². The van der Waals surface area contributed by atoms with Gasteiger partial charge < -0.3 is 5.32 Å². The fourth-order valence-corrected chi connectivity index (χ4v) is 2.41. The van der Waals surface area contributed by atoms with Crippen molar-refractivity contribution in [1.29, 1.82) is 0 Å². The number of anilines is 1. The van der Waals surface area contributed by atoms with Crippen LogP contribution in [0.15, 0.2) is 54.6 Å². The summed E-state index contributed by atoms with van der Waals surface area (Å²) in [5.41, 5.74) is -3.31. The van der Waals surface area contributed by atoms with Gasteiger partial charge in [-0.15, -0.1) is 0 Å². The van der Waals surface area contributed by atoms with Crippen LogP contribution in [0.2, 0.25) is 0 Å². The Balaban J connectivity index is 1.89. The lowest BCUT2D eigenvalue weighted by atomic mass is 10.2. The molecule has 3 aromatic rings. The van der Waals surface area contributed by atoms with Gasteiger partial charge >= 0.3 is 12.4 Å². The van der Waals surface area contributed by atoms with E-state index < -0.39 is 35.5 Å². The molecule has 1 aromatic heterocycles. The van der Waals surface area contributed by atoms with Crippen molar-refractivity contribution in [2.45, 2.75) is 12.4 Å². The molecule has 11 heteroatoms. The number of rotatable bonds is 3. The molecular formula is C18H10F7N3O. The molecule has 4 nitrogen and oxygen atoms in total. The highest BCUT2D eigenvalue weighted by molar-refractivity contribution is 6.04. The SMILES string of the molecule is O=C(Nc1ccc(F)cc1)c1ccc(-n2nc(C(F)(F)F)cc2C(F)(F)F)cc1. The molecule has 29 heavy (non-hydrogen) atoms. The van der Waals surface area contributed by atoms with Crippen LogP contribution >= 0.6 is 0 Å². The Hall–Kier alpha value is -3.37. The first-order valence-corrected chi connectivity index (χ1v) is 7.87. The van der Waals surface area contributed by atoms with Gasteiger partial charge in [0, 0.05) is 17.3 Å². The standard InChI is InChI=1S/C18H10F7N3O/c19-11-3-5-12(6-4-11)26-16(29)10-1-7-13(8-2-10)28-15(18(23,24)25)9-14(27-28)17(20,21)22/h1-9H,(H,26,29). The number of hydrogen-bond acceptors (Lipinski definition) is 2. The van der Waals surface area contributed by atoms with Crippen LogP contribution in [0.5, 0.6) is 0 Å². The molecule has 1 heterocycles. The molecule has 152 valence electrons. The van der Waals surface area contributed by atoms with Gasteiger partial charge in [-0.2, -0.15) is 31.4 Å². The molecule has 0 saturated carbocycles. The highest BCUT2D eigenvalue weighted by Crippen LogP contribution is 2.36. The molecule has 0 aliphatic rings. The Kier molecular flexibility index (Phi) is 5.07. The summed E-state index contributed by atoms with van der Waals surface area (Å²) < 4.78 is 90.6. The minimum Gasteiger partial charge on any atom is -0.322 e. The van der Waals surface area contributed by atoms with Crippen LogP contribution in [-0.2, 0) is 12.4 Å². The van der Waals surface area contributed by atoms with Crippen LogP contribution in [0.4, 0.5) is 36.4 Å². The Morgan fingerprint density at radius 3 is 1.97 bits per heavy atom. The maximum Gasteiger partial charge on any atom is 0.435 e. The van der Waals surface area contributed by atoms with E-state index in [4.69, 9.17) is 0 Å². The van der Waals surface area contributed by atoms with Crippen molar-refractivity contribution in [1.82, 2.24) is 9.78 Å². The van der Waals surface area contributed by atoms with Gasteiger partial charge in [-0.3, -0.25) is 4.79 Å². The van der Waals surface area contributed by atoms with E-state index in [-0.39, 0.29) is 27.7 Å². The van der Waals surface area contributed by atoms with Gasteiger partial charge in [-0.25, -0.2) is 9.07 Å². The third-order valence-corrected chi connectivity index (χ3v) is 3.77. The third kappa shape index (κ3) is 4.55. The van der Waals surface area contributed by atoms with Crippen LogP contribution in [-0.4, -0.2) is 15.7 Å². The molecule has 1 N–H and O–H groups in total. The second-order valence-electron chi connectivity index (χ2n) is 5.83. The van der Waals surface area contributed by atoms with E-state index in [9.17, 15) is 35.5 Å². The molecule has 0 spiro atoms. The summed E-state index contributed by atoms with van der Waals surface area (Å²) in [6, 6.07) is 9.07. The second-order valence-corrected chi connectivity index (χ2v) is 5.83. The molecule has 0 aliphatic heterocycles. The lowest BCUT2D eigenvalue weighted by molar-refractivity contribution is -0.143. The quantitative estimate of drug-likeness (QED) is 0.588. The predicted octanol–water partition coefficient (Wildman–Crippen LogP) is 5.30. The van der Waals surface area contributed by atoms with Crippen molar-refractivity contribution in [3.05, 3.63) is 77.4 Å². The maximum absolute atomic E-state index is 13.1. The van der Waals surface area contributed by atoms with Crippen molar-refractivity contribution < 1.29 is 35.5 Å². The van der Waals surface area contributed by atoms with Gasteiger partial charge in [0.2, 0.25) is 0 Å². The largest absolute Gasteiger partial charge is 0.435 e. The number of benzene rings is 2. The summed E-state index contributed by atoms with van der Waals surface area (Å²) in [6.07, 6.45) is -10.1. The normalized spacial score (nSPS) is 12.1. The Morgan fingerprint density at radius 2 is 1.45 bits per heavy atom. The summed E-state index contributed by atoms with van der Waals surface area (Å²) in [6.45, 7) is 0. The van der Waals surface area contributed by atoms with Gasteiger partial charge in [0.05, 0.1) is 5.69 Å². The molecule has 1 amide bonds. The Labute approximate surface area is 158 Å². The topological polar surface area (TPSA) is 46.9 Å². The Bertz CT molecular complexity index is 1020. The van der Waals surface area contributed by atoms with Gasteiger partial charge in [0.1, 0.15) is 11.5 Å². The summed E-state index contributed by atoms with van der Waals surface area (Å²) in [5, 5.41) is 5.45. The molecule has 0 unspecified atom stereocenters. The van der Waals surface area contributed by atoms with E-state index in [0.717, 1.165) is 36.4 Å². The molecule has 0 aliphatic carbocycles. The number of carbonyl (C=O) groups excluding carboxylic acids is 1. The van der Waals surface area contributed by atoms with Crippen molar-refractivity contribution in [2.24, 2.45) is 0 Å². The fourth-order valence-electron chi connectivity index (χ4n) is 2.41. The lowest BCUT2D eigenvalue weighted by Crippen LogP contribution is -2.14. The van der Waals surface area contributed by atoms with Crippen LogP contribution in [0.1, 0.15) is 21.7 Å². The average Bonchev–Trinajstić information content (AvgIpc) is 3.10. The average molecular weight is 417 g/mol. The zero-order valence-electron chi connectivity index (χ0n) is 14.1. The smallest absolute Gasteiger partial charge is 0.322 e. The summed E-state index contributed by atoms with van der Waals surface area (Å²) in [7, 11) is 0. The Morgan fingerprint density at radius 1 is 0.862 bits per heavy atom. The number of aromatic nitrogens is 2. The van der Waals surface area contributed by atoms with Gasteiger partial charge in [0.15, 0.2) is 5.69 Å². The molecule has 0 fully saturated rings. The van der Waals surface area contributed by atoms with E-state index in [1.54, 1.807) is 0 Å². The maximum atomic E-state index is 13.1. The molecule has 0 bridgehead atoms. The van der Waals surface area contributed by atoms with Gasteiger partial charge in [-0.05, 0) is 48.5 Å². The number of halogens is 7. The minimum absolute atomic E-state index is 0.0230. The zero-order chi connectivity index (χ0) is 21.4. The summed E-state index contributed by atoms with van der Waals surface area (Å²) in [5.74, 6) is -1.15. The first-order chi connectivity index (χ1) is 13.4. The van der Waals surface area contributed by atoms with E-state index in [1.807, 2.05) is 0 Å². The minimum atomic E-state index is -5.07. The fraction of sp³-hybridized carbons (Fsp3) is 0.111. The van der Waals surface area contributed by atoms with E-state index in [2.05, 4.69) is 10.4 Å². The second kappa shape index (κ2) is 7.22. The summed E-state index contributed by atoms with van der Waals surface area (Å²) >= 11 is 0. The number of hydrogen-bond donors (Lipinski definition) is 1. The van der Waals surface area contributed by atoms with Gasteiger partial charge in [0.25, 0.3) is 5.91 Å². The first-order valence-electron chi connectivity index (χ1n) is 7.87. The molecule has 3 rings (SSSR count). The molecular weight excluding hydrogens is 407 g/mol. The number of alkyl halides is 6. The van der Waals surface area contributed by atoms with Crippen molar-refractivity contribution in [3.63, 3.8) is 0 Å². The van der Waals surface area contributed by atoms with E-state index in [0.29, 0.717) is 0 Å². The molecule has 0 saturated heterocycles. The lowest BCUT2D eigenvalue weighted by Gasteiger charge is -2.11. The highest BCUT2D eigenvalue weighted by Gasteiger charge is 2.42. The van der Waals surface area contributed by atoms with Gasteiger partial charge in [-0.1, -0.05) is 0 Å². The number of carbonyl (C=O) groups is 1. The van der Waals surface area contributed by atoms with Crippen LogP contribution < -0.4 is 5.32 Å². The zero-order valence-corrected chi connectivity index (χ0v) is 14.1. The monoisotopic (exact) mass is 417 g/mol. The predicted molar refractivity (Wildman–Crippen MR) is 87.9 cm³/mol. The van der Waals surface area contributed by atoms with Crippen molar-refractivity contribution in [3.8, 4) is 5.69 Å². The van der Waals surface area contributed by atoms with Crippen LogP contribution in [0.3, 0.4) is 0 Å². The third-order valence-electron chi connectivity index (χ3n) is 3.77. The number of amides is 1. The summed E-state index contributed by atoms with van der Waals surface area (Å²) in [4.78, 5) is 12.2. The van der Waals surface area contributed by atoms with Crippen LogP contribution in [0.25, 0.3) is 5.69 Å². The number of nitrogens with one attached hydrogen (secondary N) is 1. The highest BCUT2D eigenvalue weighted by atomic mass is 19.4. The van der Waals surface area contributed by atoms with E-state index in [1.165, 1.54) is 12.1 Å².